The molecule has 0 bridgehead atoms. The van der Waals surface area contributed by atoms with Crippen LogP contribution in [0.3, 0.4) is 0 Å². The van der Waals surface area contributed by atoms with Gasteiger partial charge in [-0.2, -0.15) is 5.10 Å². The highest BCUT2D eigenvalue weighted by molar-refractivity contribution is 6.15. The Balaban J connectivity index is 1.71. The smallest absolute Gasteiger partial charge is 0.275 e. The van der Waals surface area contributed by atoms with Crippen molar-refractivity contribution in [3.05, 3.63) is 120 Å². The molecule has 0 aliphatic carbocycles. The lowest BCUT2D eigenvalue weighted by Gasteiger charge is -2.23. The number of nitro benzene ring substituents is 1. The highest BCUT2D eigenvalue weighted by Gasteiger charge is 2.45. The summed E-state index contributed by atoms with van der Waals surface area (Å²) in [5, 5.41) is 21.2. The summed E-state index contributed by atoms with van der Waals surface area (Å²) < 4.78 is 1.44. The number of aromatic nitrogens is 2. The Morgan fingerprint density at radius 3 is 2.08 bits per heavy atom. The van der Waals surface area contributed by atoms with Crippen molar-refractivity contribution in [1.29, 1.82) is 0 Å². The average molecular weight is 538 g/mol. The minimum absolute atomic E-state index is 0.157. The van der Waals surface area contributed by atoms with E-state index in [9.17, 15) is 19.7 Å². The van der Waals surface area contributed by atoms with Crippen molar-refractivity contribution < 1.29 is 9.72 Å². The summed E-state index contributed by atoms with van der Waals surface area (Å²) in [7, 11) is 0. The number of aromatic amines is 1. The first kappa shape index (κ1) is 26.8. The summed E-state index contributed by atoms with van der Waals surface area (Å²) in [4.78, 5) is 39.8. The molecule has 2 heterocycles. The van der Waals surface area contributed by atoms with Crippen molar-refractivity contribution in [3.63, 3.8) is 0 Å². The van der Waals surface area contributed by atoms with E-state index in [1.165, 1.54) is 15.8 Å². The van der Waals surface area contributed by atoms with Crippen molar-refractivity contribution in [2.75, 3.05) is 5.01 Å². The number of rotatable bonds is 6. The third kappa shape index (κ3) is 4.43. The molecule has 0 unspecified atom stereocenters. The lowest BCUT2D eigenvalue weighted by molar-refractivity contribution is -0.385. The van der Waals surface area contributed by atoms with Crippen LogP contribution in [0.5, 0.6) is 0 Å². The molecular formula is C31H31N5O4. The minimum Gasteiger partial charge on any atom is -0.295 e. The maximum Gasteiger partial charge on any atom is 0.275 e. The highest BCUT2D eigenvalue weighted by Crippen LogP contribution is 2.41. The van der Waals surface area contributed by atoms with E-state index in [1.54, 1.807) is 32.0 Å². The van der Waals surface area contributed by atoms with E-state index in [4.69, 9.17) is 0 Å². The molecular weight excluding hydrogens is 506 g/mol. The van der Waals surface area contributed by atoms with Crippen LogP contribution in [0.15, 0.2) is 70.6 Å². The van der Waals surface area contributed by atoms with Crippen LogP contribution >= 0.6 is 0 Å². The molecule has 0 saturated heterocycles. The number of nitro groups is 1. The number of nitrogens with one attached hydrogen (secondary N) is 1. The molecule has 2 atom stereocenters. The summed E-state index contributed by atoms with van der Waals surface area (Å²) in [6, 6.07) is 17.6. The molecule has 0 fully saturated rings. The first-order valence-corrected chi connectivity index (χ1v) is 13.1. The molecule has 40 heavy (non-hydrogen) atoms. The number of H-pyrrole nitrogens is 1. The predicted molar refractivity (Wildman–Crippen MR) is 156 cm³/mol. The number of carbonyl (C=O) groups excluding carboxylic acids is 1. The zero-order valence-electron chi connectivity index (χ0n) is 23.4. The number of aryl methyl sites for hydroxylation is 5. The minimum atomic E-state index is -0.939. The highest BCUT2D eigenvalue weighted by atomic mass is 16.6. The predicted octanol–water partition coefficient (Wildman–Crippen LogP) is 5.79. The zero-order valence-corrected chi connectivity index (χ0v) is 23.4. The Hall–Kier alpha value is -4.79. The number of para-hydroxylation sites is 1. The maximum atomic E-state index is 14.1. The van der Waals surface area contributed by atoms with Crippen LogP contribution in [0, 0.1) is 50.7 Å². The first-order valence-electron chi connectivity index (χ1n) is 13.1. The van der Waals surface area contributed by atoms with Crippen molar-refractivity contribution in [3.8, 4) is 5.69 Å². The number of hydrazone groups is 1. The van der Waals surface area contributed by atoms with Crippen LogP contribution in [0.1, 0.15) is 51.9 Å². The SMILES string of the molecule is CC1=NN(c2ccc(C)c(C)c2)C(=O)[C@@H]1[C@H](c1ccccc1[N+](=O)[O-])c1c(C)[nH]n(-c2ccc(C)c(C)c2)c1=O. The van der Waals surface area contributed by atoms with Gasteiger partial charge >= 0.3 is 0 Å². The van der Waals surface area contributed by atoms with Gasteiger partial charge in [0.15, 0.2) is 0 Å². The molecule has 1 aliphatic heterocycles. The molecule has 9 heteroatoms. The average Bonchev–Trinajstić information content (AvgIpc) is 3.38. The number of carbonyl (C=O) groups is 1. The standard InChI is InChI=1S/C31H31N5O4/c1-17-11-13-23(15-19(17)3)34-30(37)27(21(5)32-34)29(25-9-7-8-10-26(25)36(39)40)28-22(6)33-35(31(28)38)24-14-12-18(2)20(4)16-24/h7-16,27,29,33H,1-6H3/t27-,29-/m0/s1. The number of benzene rings is 3. The van der Waals surface area contributed by atoms with E-state index in [0.717, 1.165) is 22.3 Å². The maximum absolute atomic E-state index is 14.1. The van der Waals surface area contributed by atoms with Crippen LogP contribution in [-0.2, 0) is 4.79 Å². The van der Waals surface area contributed by atoms with Gasteiger partial charge in [-0.3, -0.25) is 24.8 Å². The van der Waals surface area contributed by atoms with Crippen LogP contribution in [0.25, 0.3) is 5.69 Å². The van der Waals surface area contributed by atoms with E-state index in [-0.39, 0.29) is 22.7 Å². The van der Waals surface area contributed by atoms with E-state index in [2.05, 4.69) is 10.2 Å². The Labute approximate surface area is 231 Å². The Morgan fingerprint density at radius 2 is 1.45 bits per heavy atom. The van der Waals surface area contributed by atoms with Crippen molar-refractivity contribution in [1.82, 2.24) is 9.78 Å². The van der Waals surface area contributed by atoms with Crippen LogP contribution in [0.2, 0.25) is 0 Å². The first-order chi connectivity index (χ1) is 19.0. The van der Waals surface area contributed by atoms with Crippen molar-refractivity contribution >= 4 is 23.0 Å². The third-order valence-electron chi connectivity index (χ3n) is 7.90. The number of hydrogen-bond donors (Lipinski definition) is 1. The van der Waals surface area contributed by atoms with Gasteiger partial charge < -0.3 is 0 Å². The summed E-state index contributed by atoms with van der Waals surface area (Å²) in [5.74, 6) is -2.20. The summed E-state index contributed by atoms with van der Waals surface area (Å²) in [5.41, 5.74) is 6.51. The second-order valence-corrected chi connectivity index (χ2v) is 10.5. The van der Waals surface area contributed by atoms with Gasteiger partial charge in [-0.25, -0.2) is 9.69 Å². The number of nitrogens with zero attached hydrogens (tertiary/aromatic N) is 4. The van der Waals surface area contributed by atoms with Gasteiger partial charge in [0, 0.05) is 34.5 Å². The van der Waals surface area contributed by atoms with Crippen molar-refractivity contribution in [2.45, 2.75) is 47.5 Å². The fraction of sp³-hybridized carbons (Fsp3) is 0.258. The molecule has 1 aromatic heterocycles. The Kier molecular flexibility index (Phi) is 6.75. The molecule has 1 amide bonds. The normalized spacial score (nSPS) is 15.8. The molecule has 1 N–H and O–H groups in total. The van der Waals surface area contributed by atoms with Gasteiger partial charge in [0.05, 0.1) is 22.2 Å². The molecule has 4 aromatic rings. The number of amides is 1. The van der Waals surface area contributed by atoms with E-state index >= 15 is 0 Å². The van der Waals surface area contributed by atoms with Crippen molar-refractivity contribution in [2.24, 2.45) is 11.0 Å². The fourth-order valence-electron chi connectivity index (χ4n) is 5.40. The third-order valence-corrected chi connectivity index (χ3v) is 7.90. The van der Waals surface area contributed by atoms with Gasteiger partial charge in [0.25, 0.3) is 17.2 Å². The molecule has 1 aliphatic rings. The molecule has 0 saturated carbocycles. The molecule has 9 nitrogen and oxygen atoms in total. The Bertz CT molecular complexity index is 1760. The largest absolute Gasteiger partial charge is 0.295 e. The van der Waals surface area contributed by atoms with E-state index in [0.29, 0.717) is 28.3 Å². The van der Waals surface area contributed by atoms with Gasteiger partial charge in [0.1, 0.15) is 0 Å². The Morgan fingerprint density at radius 1 is 0.850 bits per heavy atom. The van der Waals surface area contributed by atoms with Crippen LogP contribution < -0.4 is 10.6 Å². The topological polar surface area (TPSA) is 114 Å². The van der Waals surface area contributed by atoms with Gasteiger partial charge in [-0.15, -0.1) is 0 Å². The van der Waals surface area contributed by atoms with Crippen LogP contribution in [-0.4, -0.2) is 26.3 Å². The summed E-state index contributed by atoms with van der Waals surface area (Å²) in [6.45, 7) is 11.4. The quantitative estimate of drug-likeness (QED) is 0.248. The lowest BCUT2D eigenvalue weighted by atomic mass is 9.77. The number of hydrogen-bond acceptors (Lipinski definition) is 5. The lowest BCUT2D eigenvalue weighted by Crippen LogP contribution is -2.34. The monoisotopic (exact) mass is 537 g/mol. The molecule has 204 valence electrons. The second-order valence-electron chi connectivity index (χ2n) is 10.5. The van der Waals surface area contributed by atoms with Gasteiger partial charge in [-0.05, 0) is 88.1 Å². The van der Waals surface area contributed by atoms with Gasteiger partial charge in [-0.1, -0.05) is 30.3 Å². The molecule has 5 rings (SSSR count). The number of anilines is 1. The molecule has 3 aromatic carbocycles. The molecule has 0 radical (unpaired) electrons. The van der Waals surface area contributed by atoms with Crippen LogP contribution in [0.4, 0.5) is 11.4 Å². The fourth-order valence-corrected chi connectivity index (χ4v) is 5.40. The summed E-state index contributed by atoms with van der Waals surface area (Å²) in [6.07, 6.45) is 0. The van der Waals surface area contributed by atoms with E-state index < -0.39 is 16.8 Å². The van der Waals surface area contributed by atoms with Gasteiger partial charge in [0.2, 0.25) is 0 Å². The molecule has 0 spiro atoms. The van der Waals surface area contributed by atoms with E-state index in [1.807, 2.05) is 64.1 Å². The zero-order chi connectivity index (χ0) is 28.9. The second kappa shape index (κ2) is 10.1. The summed E-state index contributed by atoms with van der Waals surface area (Å²) >= 11 is 0.